The van der Waals surface area contributed by atoms with Crippen LogP contribution in [0, 0.1) is 11.3 Å². The first-order valence-electron chi connectivity index (χ1n) is 4.34. The van der Waals surface area contributed by atoms with E-state index in [1.165, 1.54) is 12.1 Å². The SMILES string of the molecule is N#CCC(=O)Nc1cccc(Br)c1S(N)(=O)=O. The van der Waals surface area contributed by atoms with Gasteiger partial charge in [0.2, 0.25) is 15.9 Å². The molecule has 1 aromatic carbocycles. The van der Waals surface area contributed by atoms with Crippen LogP contribution in [0.4, 0.5) is 5.69 Å². The fraction of sp³-hybridized carbons (Fsp3) is 0.111. The lowest BCUT2D eigenvalue weighted by Gasteiger charge is -2.09. The minimum atomic E-state index is -3.97. The monoisotopic (exact) mass is 317 g/mol. The molecule has 0 aliphatic rings. The Morgan fingerprint density at radius 3 is 2.71 bits per heavy atom. The van der Waals surface area contributed by atoms with Gasteiger partial charge in [-0.3, -0.25) is 4.79 Å². The Bertz CT molecular complexity index is 592. The van der Waals surface area contributed by atoms with Crippen molar-refractivity contribution in [2.24, 2.45) is 5.14 Å². The van der Waals surface area contributed by atoms with Crippen molar-refractivity contribution in [1.29, 1.82) is 5.26 Å². The molecule has 3 N–H and O–H groups in total. The Labute approximate surface area is 107 Å². The van der Waals surface area contributed by atoms with Gasteiger partial charge in [0, 0.05) is 4.47 Å². The number of nitriles is 1. The van der Waals surface area contributed by atoms with Crippen molar-refractivity contribution >= 4 is 37.5 Å². The Hall–Kier alpha value is -1.43. The van der Waals surface area contributed by atoms with Gasteiger partial charge in [0.25, 0.3) is 0 Å². The number of hydrogen-bond acceptors (Lipinski definition) is 4. The molecule has 6 nitrogen and oxygen atoms in total. The number of benzene rings is 1. The fourth-order valence-electron chi connectivity index (χ4n) is 1.16. The molecule has 0 bridgehead atoms. The molecular formula is C9H8BrN3O3S. The molecule has 1 aromatic rings. The molecule has 1 rings (SSSR count). The standard InChI is InChI=1S/C9H8BrN3O3S/c10-6-2-1-3-7(9(6)17(12,15)16)13-8(14)4-5-11/h1-3H,4H2,(H,13,14)(H2,12,15,16). The Morgan fingerprint density at radius 2 is 2.18 bits per heavy atom. The summed E-state index contributed by atoms with van der Waals surface area (Å²) in [5.41, 5.74) is 0.0436. The predicted octanol–water partition coefficient (Wildman–Crippen LogP) is 0.949. The molecule has 0 radical (unpaired) electrons. The van der Waals surface area contributed by atoms with E-state index in [0.717, 1.165) is 0 Å². The maximum atomic E-state index is 11.3. The van der Waals surface area contributed by atoms with Gasteiger partial charge in [-0.15, -0.1) is 0 Å². The number of nitrogens with one attached hydrogen (secondary N) is 1. The summed E-state index contributed by atoms with van der Waals surface area (Å²) >= 11 is 3.04. The minimum absolute atomic E-state index is 0.0436. The second-order valence-corrected chi connectivity index (χ2v) is 5.40. The number of sulfonamides is 1. The first-order valence-corrected chi connectivity index (χ1v) is 6.68. The van der Waals surface area contributed by atoms with E-state index in [0.29, 0.717) is 0 Å². The van der Waals surface area contributed by atoms with Crippen molar-refractivity contribution in [2.45, 2.75) is 11.3 Å². The van der Waals surface area contributed by atoms with E-state index in [4.69, 9.17) is 10.4 Å². The number of carbonyl (C=O) groups excluding carboxylic acids is 1. The molecule has 0 aliphatic carbocycles. The van der Waals surface area contributed by atoms with E-state index >= 15 is 0 Å². The largest absolute Gasteiger partial charge is 0.324 e. The van der Waals surface area contributed by atoms with Gasteiger partial charge in [-0.05, 0) is 28.1 Å². The fourth-order valence-corrected chi connectivity index (χ4v) is 2.97. The number of halogens is 1. The third kappa shape index (κ3) is 3.52. The molecule has 0 saturated heterocycles. The van der Waals surface area contributed by atoms with Crippen LogP contribution in [-0.2, 0) is 14.8 Å². The number of carbonyl (C=O) groups is 1. The van der Waals surface area contributed by atoms with Gasteiger partial charge in [0.15, 0.2) is 0 Å². The molecule has 0 aromatic heterocycles. The summed E-state index contributed by atoms with van der Waals surface area (Å²) in [7, 11) is -3.97. The number of hydrogen-bond donors (Lipinski definition) is 2. The van der Waals surface area contributed by atoms with Crippen LogP contribution >= 0.6 is 15.9 Å². The summed E-state index contributed by atoms with van der Waals surface area (Å²) in [6, 6.07) is 6.07. The van der Waals surface area contributed by atoms with Crippen molar-refractivity contribution in [2.75, 3.05) is 5.32 Å². The van der Waals surface area contributed by atoms with Crippen LogP contribution in [0.25, 0.3) is 0 Å². The zero-order chi connectivity index (χ0) is 13.1. The number of nitrogens with two attached hydrogens (primary N) is 1. The molecule has 0 spiro atoms. The smallest absolute Gasteiger partial charge is 0.241 e. The highest BCUT2D eigenvalue weighted by Gasteiger charge is 2.18. The molecule has 0 aliphatic heterocycles. The van der Waals surface area contributed by atoms with E-state index in [-0.39, 0.29) is 21.5 Å². The Kier molecular flexibility index (Phi) is 4.22. The maximum Gasteiger partial charge on any atom is 0.241 e. The Morgan fingerprint density at radius 1 is 1.53 bits per heavy atom. The lowest BCUT2D eigenvalue weighted by Crippen LogP contribution is -2.18. The van der Waals surface area contributed by atoms with Crippen LogP contribution in [0.2, 0.25) is 0 Å². The molecule has 1 amide bonds. The van der Waals surface area contributed by atoms with Crippen LogP contribution in [-0.4, -0.2) is 14.3 Å². The van der Waals surface area contributed by atoms with Crippen molar-refractivity contribution in [3.8, 4) is 6.07 Å². The van der Waals surface area contributed by atoms with Crippen LogP contribution < -0.4 is 10.5 Å². The minimum Gasteiger partial charge on any atom is -0.324 e. The summed E-state index contributed by atoms with van der Waals surface area (Å²) in [6.45, 7) is 0. The number of rotatable bonds is 3. The number of anilines is 1. The highest BCUT2D eigenvalue weighted by molar-refractivity contribution is 9.10. The molecule has 17 heavy (non-hydrogen) atoms. The average molecular weight is 318 g/mol. The molecule has 90 valence electrons. The van der Waals surface area contributed by atoms with Crippen molar-refractivity contribution < 1.29 is 13.2 Å². The first-order chi connectivity index (χ1) is 7.86. The average Bonchev–Trinajstić information content (AvgIpc) is 2.15. The van der Waals surface area contributed by atoms with E-state index in [9.17, 15) is 13.2 Å². The second-order valence-electron chi connectivity index (χ2n) is 3.04. The van der Waals surface area contributed by atoms with Gasteiger partial charge in [0.1, 0.15) is 11.3 Å². The summed E-state index contributed by atoms with van der Waals surface area (Å²) in [5, 5.41) is 15.7. The summed E-state index contributed by atoms with van der Waals surface area (Å²) in [5.74, 6) is -0.601. The molecule has 0 heterocycles. The zero-order valence-corrected chi connectivity index (χ0v) is 10.9. The zero-order valence-electron chi connectivity index (χ0n) is 8.47. The van der Waals surface area contributed by atoms with Gasteiger partial charge in [-0.25, -0.2) is 13.6 Å². The first kappa shape index (κ1) is 13.6. The predicted molar refractivity (Wildman–Crippen MR) is 64.4 cm³/mol. The summed E-state index contributed by atoms with van der Waals surface area (Å²) in [6.07, 6.45) is -0.365. The van der Waals surface area contributed by atoms with Gasteiger partial charge in [0.05, 0.1) is 11.8 Å². The van der Waals surface area contributed by atoms with Gasteiger partial charge < -0.3 is 5.32 Å². The third-order valence-corrected chi connectivity index (χ3v) is 3.70. The maximum absolute atomic E-state index is 11.3. The highest BCUT2D eigenvalue weighted by Crippen LogP contribution is 2.28. The van der Waals surface area contributed by atoms with Gasteiger partial charge >= 0.3 is 0 Å². The lowest BCUT2D eigenvalue weighted by atomic mass is 10.3. The third-order valence-electron chi connectivity index (χ3n) is 1.77. The molecule has 0 unspecified atom stereocenters. The lowest BCUT2D eigenvalue weighted by molar-refractivity contribution is -0.115. The summed E-state index contributed by atoms with van der Waals surface area (Å²) in [4.78, 5) is 11.0. The quantitative estimate of drug-likeness (QED) is 0.863. The molecule has 0 atom stereocenters. The van der Waals surface area contributed by atoms with E-state index in [1.807, 2.05) is 0 Å². The number of amides is 1. The normalized spacial score (nSPS) is 10.6. The van der Waals surface area contributed by atoms with Crippen molar-refractivity contribution in [1.82, 2.24) is 0 Å². The van der Waals surface area contributed by atoms with Crippen LogP contribution in [0.15, 0.2) is 27.6 Å². The van der Waals surface area contributed by atoms with E-state index in [1.54, 1.807) is 12.1 Å². The topological polar surface area (TPSA) is 113 Å². The van der Waals surface area contributed by atoms with Crippen LogP contribution in [0.3, 0.4) is 0 Å². The Balaban J connectivity index is 3.22. The van der Waals surface area contributed by atoms with Crippen LogP contribution in [0.5, 0.6) is 0 Å². The highest BCUT2D eigenvalue weighted by atomic mass is 79.9. The van der Waals surface area contributed by atoms with Crippen molar-refractivity contribution in [3.05, 3.63) is 22.7 Å². The van der Waals surface area contributed by atoms with E-state index in [2.05, 4.69) is 21.2 Å². The summed E-state index contributed by atoms with van der Waals surface area (Å²) < 4.78 is 22.9. The number of primary sulfonamides is 1. The molecular weight excluding hydrogens is 310 g/mol. The molecule has 0 saturated carbocycles. The van der Waals surface area contributed by atoms with Crippen LogP contribution in [0.1, 0.15) is 6.42 Å². The van der Waals surface area contributed by atoms with E-state index < -0.39 is 15.9 Å². The second kappa shape index (κ2) is 5.27. The molecule has 8 heteroatoms. The van der Waals surface area contributed by atoms with Gasteiger partial charge in [-0.1, -0.05) is 6.07 Å². The molecule has 0 fully saturated rings. The number of nitrogens with zero attached hydrogens (tertiary/aromatic N) is 1. The van der Waals surface area contributed by atoms with Crippen molar-refractivity contribution in [3.63, 3.8) is 0 Å². The van der Waals surface area contributed by atoms with Gasteiger partial charge in [-0.2, -0.15) is 5.26 Å².